The normalized spacial score (nSPS) is 18.1. The van der Waals surface area contributed by atoms with E-state index in [1.807, 2.05) is 12.3 Å². The number of aromatic carboxylic acids is 1. The second-order valence-corrected chi connectivity index (χ2v) is 10.7. The third-order valence-electron chi connectivity index (χ3n) is 7.86. The van der Waals surface area contributed by atoms with Crippen LogP contribution in [0.15, 0.2) is 18.3 Å². The highest BCUT2D eigenvalue weighted by atomic mass is 16.4. The van der Waals surface area contributed by atoms with Gasteiger partial charge in [0.05, 0.1) is 0 Å². The fourth-order valence-corrected chi connectivity index (χ4v) is 5.44. The average molecular weight is 477 g/mol. The molecule has 0 bridgehead atoms. The molecule has 1 atom stereocenters. The highest BCUT2D eigenvalue weighted by Gasteiger charge is 2.28. The highest BCUT2D eigenvalue weighted by Crippen LogP contribution is 2.35. The van der Waals surface area contributed by atoms with Crippen molar-refractivity contribution in [3.63, 3.8) is 0 Å². The maximum atomic E-state index is 11.9. The molecule has 0 spiro atoms. The lowest BCUT2D eigenvalue weighted by Crippen LogP contribution is -2.31. The van der Waals surface area contributed by atoms with Crippen LogP contribution in [-0.4, -0.2) is 41.6 Å². The van der Waals surface area contributed by atoms with Crippen molar-refractivity contribution in [1.82, 2.24) is 24.5 Å². The summed E-state index contributed by atoms with van der Waals surface area (Å²) in [5.74, 6) is 1.43. The number of nitrogens with one attached hydrogen (secondary N) is 1. The molecule has 8 heteroatoms. The Hall–Kier alpha value is -3.03. The topological polar surface area (TPSA) is 106 Å². The number of rotatable bonds is 8. The molecule has 1 unspecified atom stereocenters. The van der Waals surface area contributed by atoms with Gasteiger partial charge in [0.25, 0.3) is 0 Å². The first-order valence-electron chi connectivity index (χ1n) is 13.1. The van der Waals surface area contributed by atoms with E-state index in [1.54, 1.807) is 0 Å². The molecule has 2 aliphatic rings. The molecule has 35 heavy (non-hydrogen) atoms. The fourth-order valence-electron chi connectivity index (χ4n) is 5.44. The van der Waals surface area contributed by atoms with Crippen molar-refractivity contribution in [3.8, 4) is 11.5 Å². The number of fused-ring (bicyclic) bond motifs is 1. The number of carboxylic acid groups (broad SMARTS) is 1. The van der Waals surface area contributed by atoms with Crippen molar-refractivity contribution in [2.24, 2.45) is 11.8 Å². The molecule has 3 heterocycles. The largest absolute Gasteiger partial charge is 0.475 e. The van der Waals surface area contributed by atoms with Crippen molar-refractivity contribution in [3.05, 3.63) is 29.7 Å². The molecule has 0 aromatic carbocycles. The van der Waals surface area contributed by atoms with Crippen molar-refractivity contribution >= 4 is 23.0 Å². The predicted molar refractivity (Wildman–Crippen MR) is 137 cm³/mol. The van der Waals surface area contributed by atoms with Gasteiger partial charge in [-0.15, -0.1) is 0 Å². The lowest BCUT2D eigenvalue weighted by molar-refractivity contribution is 0.0684. The summed E-state index contributed by atoms with van der Waals surface area (Å²) in [6, 6.07) is 4.34. The summed E-state index contributed by atoms with van der Waals surface area (Å²) in [5.41, 5.74) is 3.20. The summed E-state index contributed by atoms with van der Waals surface area (Å²) in [6.45, 7) is 7.30. The molecule has 3 aromatic rings. The summed E-state index contributed by atoms with van der Waals surface area (Å²) >= 11 is 0. The zero-order chi connectivity index (χ0) is 24.5. The predicted octanol–water partition coefficient (Wildman–Crippen LogP) is 5.89. The van der Waals surface area contributed by atoms with Crippen LogP contribution in [0, 0.1) is 11.8 Å². The molecule has 3 aromatic heterocycles. The first kappa shape index (κ1) is 23.7. The molecule has 2 N–H and O–H groups in total. The van der Waals surface area contributed by atoms with E-state index >= 15 is 0 Å². The lowest BCUT2D eigenvalue weighted by Gasteiger charge is -2.32. The summed E-state index contributed by atoms with van der Waals surface area (Å²) in [7, 11) is 0. The Balaban J connectivity index is 1.67. The summed E-state index contributed by atoms with van der Waals surface area (Å²) in [5, 5.41) is 13.3. The Kier molecular flexibility index (Phi) is 6.71. The van der Waals surface area contributed by atoms with E-state index in [2.05, 4.69) is 51.7 Å². The number of aromatic nitrogens is 5. The number of anilines is 1. The second-order valence-electron chi connectivity index (χ2n) is 10.7. The number of hydrogen-bond acceptors (Lipinski definition) is 6. The van der Waals surface area contributed by atoms with Crippen molar-refractivity contribution in [1.29, 1.82) is 0 Å². The molecule has 2 fully saturated rings. The Morgan fingerprint density at radius 1 is 1.09 bits per heavy atom. The highest BCUT2D eigenvalue weighted by molar-refractivity contribution is 5.92. The molecule has 0 saturated heterocycles. The molecule has 8 nitrogen and oxygen atoms in total. The van der Waals surface area contributed by atoms with Gasteiger partial charge in [0.15, 0.2) is 17.3 Å². The average Bonchev–Trinajstić information content (AvgIpc) is 3.17. The Labute approximate surface area is 206 Å². The van der Waals surface area contributed by atoms with E-state index in [4.69, 9.17) is 4.98 Å². The van der Waals surface area contributed by atoms with Gasteiger partial charge in [0.1, 0.15) is 11.2 Å². The minimum Gasteiger partial charge on any atom is -0.475 e. The number of imidazole rings is 1. The van der Waals surface area contributed by atoms with E-state index in [0.717, 1.165) is 23.6 Å². The van der Waals surface area contributed by atoms with Crippen LogP contribution in [0.25, 0.3) is 22.7 Å². The fraction of sp³-hybridized carbons (Fsp3) is 0.593. The van der Waals surface area contributed by atoms with Crippen molar-refractivity contribution in [2.45, 2.75) is 90.6 Å². The third kappa shape index (κ3) is 4.88. The molecule has 0 amide bonds. The summed E-state index contributed by atoms with van der Waals surface area (Å²) in [4.78, 5) is 30.3. The smallest absolute Gasteiger partial charge is 0.374 e. The molecule has 186 valence electrons. The molecule has 2 saturated carbocycles. The van der Waals surface area contributed by atoms with Gasteiger partial charge in [-0.3, -0.25) is 4.98 Å². The van der Waals surface area contributed by atoms with Gasteiger partial charge in [-0.1, -0.05) is 39.5 Å². The van der Waals surface area contributed by atoms with Crippen LogP contribution >= 0.6 is 0 Å². The van der Waals surface area contributed by atoms with Gasteiger partial charge < -0.3 is 15.0 Å². The van der Waals surface area contributed by atoms with Gasteiger partial charge in [0, 0.05) is 18.8 Å². The SMILES string of the molecule is CC(C)c1ccnc(-c2nc3nc(C(=O)O)nc(NC(C)C4CCC4)c3n2CC2CCCCC2)c1. The third-order valence-corrected chi connectivity index (χ3v) is 7.86. The monoisotopic (exact) mass is 476 g/mol. The van der Waals surface area contributed by atoms with Crippen LogP contribution in [0.5, 0.6) is 0 Å². The van der Waals surface area contributed by atoms with Gasteiger partial charge in [-0.25, -0.2) is 19.7 Å². The zero-order valence-electron chi connectivity index (χ0n) is 21.0. The lowest BCUT2D eigenvalue weighted by atomic mass is 9.80. The molecular weight excluding hydrogens is 440 g/mol. The number of carbonyl (C=O) groups is 1. The number of nitrogens with zero attached hydrogens (tertiary/aromatic N) is 5. The molecule has 0 radical (unpaired) electrons. The van der Waals surface area contributed by atoms with E-state index in [0.29, 0.717) is 29.2 Å². The van der Waals surface area contributed by atoms with E-state index in [-0.39, 0.29) is 11.9 Å². The number of carboxylic acids is 1. The molecule has 5 rings (SSSR count). The van der Waals surface area contributed by atoms with E-state index in [9.17, 15) is 9.90 Å². The molecular formula is C27H36N6O2. The Morgan fingerprint density at radius 3 is 2.51 bits per heavy atom. The van der Waals surface area contributed by atoms with Crippen molar-refractivity contribution in [2.75, 3.05) is 5.32 Å². The quantitative estimate of drug-likeness (QED) is 0.417. The maximum absolute atomic E-state index is 11.9. The van der Waals surface area contributed by atoms with Crippen LogP contribution < -0.4 is 5.32 Å². The maximum Gasteiger partial charge on any atom is 0.374 e. The van der Waals surface area contributed by atoms with E-state index < -0.39 is 5.97 Å². The minimum absolute atomic E-state index is 0.201. The van der Waals surface area contributed by atoms with Crippen LogP contribution in [-0.2, 0) is 6.54 Å². The standard InChI is InChI=1S/C27H36N6O2/c1-16(2)20-12-13-28-21(14-20)26-32-24-22(33(26)15-18-8-5-4-6-9-18)23(30-25(31-24)27(34)35)29-17(3)19-10-7-11-19/h12-14,16-19H,4-11,15H2,1-3H3,(H,34,35)(H,29,30,31). The summed E-state index contributed by atoms with van der Waals surface area (Å²) < 4.78 is 2.21. The Bertz CT molecular complexity index is 1210. The van der Waals surface area contributed by atoms with Gasteiger partial charge in [-0.2, -0.15) is 0 Å². The van der Waals surface area contributed by atoms with Gasteiger partial charge >= 0.3 is 5.97 Å². The zero-order valence-corrected chi connectivity index (χ0v) is 21.0. The van der Waals surface area contributed by atoms with Gasteiger partial charge in [0.2, 0.25) is 5.82 Å². The minimum atomic E-state index is -1.14. The first-order chi connectivity index (χ1) is 16.9. The number of hydrogen-bond donors (Lipinski definition) is 2. The van der Waals surface area contributed by atoms with Crippen LogP contribution in [0.2, 0.25) is 0 Å². The van der Waals surface area contributed by atoms with Gasteiger partial charge in [-0.05, 0) is 68.1 Å². The molecule has 0 aliphatic heterocycles. The second kappa shape index (κ2) is 9.91. The first-order valence-corrected chi connectivity index (χ1v) is 13.1. The summed E-state index contributed by atoms with van der Waals surface area (Å²) in [6.07, 6.45) is 11.6. The van der Waals surface area contributed by atoms with Crippen molar-refractivity contribution < 1.29 is 9.90 Å². The van der Waals surface area contributed by atoms with Crippen LogP contribution in [0.4, 0.5) is 5.82 Å². The van der Waals surface area contributed by atoms with E-state index in [1.165, 1.54) is 56.9 Å². The van der Waals surface area contributed by atoms with Crippen LogP contribution in [0.3, 0.4) is 0 Å². The van der Waals surface area contributed by atoms with Crippen LogP contribution in [0.1, 0.15) is 94.2 Å². The Morgan fingerprint density at radius 2 is 1.86 bits per heavy atom. The molecule has 2 aliphatic carbocycles. The number of pyridine rings is 1.